The second kappa shape index (κ2) is 6.26. The quantitative estimate of drug-likeness (QED) is 0.413. The van der Waals surface area contributed by atoms with Crippen LogP contribution in [0.2, 0.25) is 0 Å². The van der Waals surface area contributed by atoms with E-state index in [-0.39, 0.29) is 6.04 Å². The van der Waals surface area contributed by atoms with Crippen molar-refractivity contribution in [1.82, 2.24) is 4.90 Å². The van der Waals surface area contributed by atoms with Crippen LogP contribution in [-0.4, -0.2) is 60.3 Å². The molecule has 0 saturated carbocycles. The van der Waals surface area contributed by atoms with Gasteiger partial charge in [-0.1, -0.05) is 12.2 Å². The minimum absolute atomic E-state index is 0.176. The highest BCUT2D eigenvalue weighted by molar-refractivity contribution is 5.68. The SMILES string of the molecule is CC(=O)O[C@@H]1[C@@H](OC(C)=O)[C@H](OC(C)=O)CN2CC=C[C@H]12. The lowest BCUT2D eigenvalue weighted by atomic mass is 9.94. The molecule has 0 bridgehead atoms. The zero-order valence-electron chi connectivity index (χ0n) is 12.3. The Hall–Kier alpha value is -1.89. The van der Waals surface area contributed by atoms with Gasteiger partial charge in [0, 0.05) is 33.9 Å². The second-order valence-corrected chi connectivity index (χ2v) is 5.17. The molecule has 2 aliphatic rings. The molecule has 2 rings (SSSR count). The number of hydrogen-bond donors (Lipinski definition) is 0. The van der Waals surface area contributed by atoms with Gasteiger partial charge in [-0.25, -0.2) is 0 Å². The van der Waals surface area contributed by atoms with Gasteiger partial charge < -0.3 is 14.2 Å². The standard InChI is InChI=1S/C14H19NO6/c1-8(16)19-12-7-15-6-4-5-11(15)13(20-9(2)17)14(12)21-10(3)18/h4-5,11-14H,6-7H2,1-3H3/t11-,12-,13+,14+/m1/s1. The molecule has 0 aliphatic carbocycles. The highest BCUT2D eigenvalue weighted by Gasteiger charge is 2.49. The summed E-state index contributed by atoms with van der Waals surface area (Å²) >= 11 is 0. The van der Waals surface area contributed by atoms with Crippen LogP contribution in [0.3, 0.4) is 0 Å². The van der Waals surface area contributed by atoms with Crippen molar-refractivity contribution in [1.29, 1.82) is 0 Å². The molecule has 116 valence electrons. The zero-order chi connectivity index (χ0) is 15.6. The largest absolute Gasteiger partial charge is 0.457 e. The lowest BCUT2D eigenvalue weighted by Crippen LogP contribution is -2.62. The first-order valence-corrected chi connectivity index (χ1v) is 6.81. The number of nitrogens with zero attached hydrogens (tertiary/aromatic N) is 1. The van der Waals surface area contributed by atoms with Gasteiger partial charge in [-0.3, -0.25) is 19.3 Å². The molecule has 0 amide bonds. The molecule has 0 spiro atoms. The van der Waals surface area contributed by atoms with Gasteiger partial charge in [0.05, 0.1) is 6.04 Å². The summed E-state index contributed by atoms with van der Waals surface area (Å²) in [6.45, 7) is 4.95. The van der Waals surface area contributed by atoms with Gasteiger partial charge in [0.1, 0.15) is 0 Å². The third-order valence-electron chi connectivity index (χ3n) is 3.46. The van der Waals surface area contributed by atoms with E-state index < -0.39 is 36.2 Å². The van der Waals surface area contributed by atoms with Crippen molar-refractivity contribution in [3.05, 3.63) is 12.2 Å². The number of fused-ring (bicyclic) bond motifs is 1. The first-order valence-electron chi connectivity index (χ1n) is 6.81. The van der Waals surface area contributed by atoms with E-state index in [4.69, 9.17) is 14.2 Å². The van der Waals surface area contributed by atoms with Crippen LogP contribution in [0, 0.1) is 0 Å². The van der Waals surface area contributed by atoms with Crippen molar-refractivity contribution in [2.75, 3.05) is 13.1 Å². The number of rotatable bonds is 3. The third kappa shape index (κ3) is 3.60. The minimum atomic E-state index is -0.806. The van der Waals surface area contributed by atoms with Gasteiger partial charge in [-0.05, 0) is 0 Å². The van der Waals surface area contributed by atoms with Gasteiger partial charge >= 0.3 is 17.9 Å². The van der Waals surface area contributed by atoms with E-state index in [0.29, 0.717) is 13.1 Å². The van der Waals surface area contributed by atoms with Crippen molar-refractivity contribution in [3.8, 4) is 0 Å². The summed E-state index contributed by atoms with van der Waals surface area (Å²) in [6.07, 6.45) is 1.70. The second-order valence-electron chi connectivity index (χ2n) is 5.17. The average Bonchev–Trinajstić information content (AvgIpc) is 2.79. The lowest BCUT2D eigenvalue weighted by molar-refractivity contribution is -0.198. The highest BCUT2D eigenvalue weighted by Crippen LogP contribution is 2.29. The van der Waals surface area contributed by atoms with Gasteiger partial charge in [-0.2, -0.15) is 0 Å². The number of hydrogen-bond acceptors (Lipinski definition) is 7. The van der Waals surface area contributed by atoms with Gasteiger partial charge in [-0.15, -0.1) is 0 Å². The first-order chi connectivity index (χ1) is 9.88. The van der Waals surface area contributed by atoms with E-state index in [9.17, 15) is 14.4 Å². The van der Waals surface area contributed by atoms with Crippen molar-refractivity contribution in [2.45, 2.75) is 45.1 Å². The average molecular weight is 297 g/mol. The van der Waals surface area contributed by atoms with Crippen molar-refractivity contribution < 1.29 is 28.6 Å². The third-order valence-corrected chi connectivity index (χ3v) is 3.46. The van der Waals surface area contributed by atoms with E-state index in [0.717, 1.165) is 0 Å². The van der Waals surface area contributed by atoms with Crippen molar-refractivity contribution >= 4 is 17.9 Å². The maximum absolute atomic E-state index is 11.3. The Morgan fingerprint density at radius 1 is 0.952 bits per heavy atom. The van der Waals surface area contributed by atoms with Crippen LogP contribution in [0.1, 0.15) is 20.8 Å². The summed E-state index contributed by atoms with van der Waals surface area (Å²) in [7, 11) is 0. The van der Waals surface area contributed by atoms with Crippen LogP contribution < -0.4 is 0 Å². The molecular formula is C14H19NO6. The molecule has 0 aromatic carbocycles. The molecule has 4 atom stereocenters. The Balaban J connectivity index is 2.26. The first kappa shape index (κ1) is 15.5. The van der Waals surface area contributed by atoms with Gasteiger partial charge in [0.2, 0.25) is 0 Å². The van der Waals surface area contributed by atoms with Crippen LogP contribution >= 0.6 is 0 Å². The summed E-state index contributed by atoms with van der Waals surface area (Å²) in [4.78, 5) is 36.0. The predicted molar refractivity (Wildman–Crippen MR) is 71.2 cm³/mol. The number of esters is 3. The van der Waals surface area contributed by atoms with Crippen LogP contribution in [0.4, 0.5) is 0 Å². The summed E-state index contributed by atoms with van der Waals surface area (Å²) in [6, 6.07) is -0.176. The molecule has 0 unspecified atom stereocenters. The number of piperidine rings is 1. The zero-order valence-corrected chi connectivity index (χ0v) is 12.3. The Morgan fingerprint density at radius 2 is 1.52 bits per heavy atom. The normalized spacial score (nSPS) is 31.4. The molecule has 7 nitrogen and oxygen atoms in total. The van der Waals surface area contributed by atoms with E-state index in [2.05, 4.69) is 0 Å². The summed E-state index contributed by atoms with van der Waals surface area (Å²) in [5.41, 5.74) is 0. The molecule has 0 aromatic heterocycles. The van der Waals surface area contributed by atoms with E-state index >= 15 is 0 Å². The summed E-state index contributed by atoms with van der Waals surface area (Å²) in [5.74, 6) is -1.45. The predicted octanol–water partition coefficient (Wildman–Crippen LogP) is 0.0355. The summed E-state index contributed by atoms with van der Waals surface area (Å²) in [5, 5.41) is 0. The Kier molecular flexibility index (Phi) is 4.62. The fourth-order valence-electron chi connectivity index (χ4n) is 2.81. The summed E-state index contributed by atoms with van der Waals surface area (Å²) < 4.78 is 15.9. The Morgan fingerprint density at radius 3 is 2.10 bits per heavy atom. The molecule has 1 saturated heterocycles. The monoisotopic (exact) mass is 297 g/mol. The Labute approximate surface area is 122 Å². The highest BCUT2D eigenvalue weighted by atomic mass is 16.6. The minimum Gasteiger partial charge on any atom is -0.457 e. The van der Waals surface area contributed by atoms with E-state index in [1.165, 1.54) is 20.8 Å². The maximum atomic E-state index is 11.3. The van der Waals surface area contributed by atoms with Gasteiger partial charge in [0.25, 0.3) is 0 Å². The number of ether oxygens (including phenoxy) is 3. The molecule has 1 fully saturated rings. The van der Waals surface area contributed by atoms with E-state index in [1.807, 2.05) is 17.1 Å². The Bertz CT molecular complexity index is 474. The molecule has 0 aromatic rings. The van der Waals surface area contributed by atoms with Gasteiger partial charge in [0.15, 0.2) is 18.3 Å². The molecule has 0 radical (unpaired) electrons. The molecular weight excluding hydrogens is 278 g/mol. The fourth-order valence-corrected chi connectivity index (χ4v) is 2.81. The molecule has 21 heavy (non-hydrogen) atoms. The molecule has 0 N–H and O–H groups in total. The fraction of sp³-hybridized carbons (Fsp3) is 0.643. The van der Waals surface area contributed by atoms with Crippen LogP contribution in [0.25, 0.3) is 0 Å². The molecule has 2 heterocycles. The maximum Gasteiger partial charge on any atom is 0.303 e. The topological polar surface area (TPSA) is 82.1 Å². The van der Waals surface area contributed by atoms with Crippen LogP contribution in [-0.2, 0) is 28.6 Å². The molecule has 2 aliphatic heterocycles. The van der Waals surface area contributed by atoms with E-state index in [1.54, 1.807) is 0 Å². The smallest absolute Gasteiger partial charge is 0.303 e. The van der Waals surface area contributed by atoms with Crippen LogP contribution in [0.15, 0.2) is 12.2 Å². The van der Waals surface area contributed by atoms with Crippen molar-refractivity contribution in [2.24, 2.45) is 0 Å². The van der Waals surface area contributed by atoms with Crippen molar-refractivity contribution in [3.63, 3.8) is 0 Å². The van der Waals surface area contributed by atoms with Crippen LogP contribution in [0.5, 0.6) is 0 Å². The number of carbonyl (C=O) groups excluding carboxylic acids is 3. The lowest BCUT2D eigenvalue weighted by Gasteiger charge is -2.43. The number of carbonyl (C=O) groups is 3. The molecule has 7 heteroatoms.